The first-order valence-corrected chi connectivity index (χ1v) is 7.53. The number of anilines is 1. The maximum absolute atomic E-state index is 12.9. The molecule has 0 unspecified atom stereocenters. The van der Waals surface area contributed by atoms with E-state index in [0.29, 0.717) is 27.0 Å². The first kappa shape index (κ1) is 15.8. The maximum Gasteiger partial charge on any atom is 0.268 e. The quantitative estimate of drug-likeness (QED) is 0.896. The summed E-state index contributed by atoms with van der Waals surface area (Å²) in [5.41, 5.74) is 1.62. The number of oxime groups is 1. The molecule has 1 N–H and O–H groups in total. The Labute approximate surface area is 141 Å². The molecular formula is C16H11Cl2FN2O2. The standard InChI is InChI=1S/C16H11Cl2FN2O2/c17-11-2-1-3-12(18)15(11)20-16(22)14-8-13(21-23-14)9-4-6-10(19)7-5-9/h1-7,14H,8H2,(H,20,22)/t14-/m0/s1. The normalized spacial score (nSPS) is 16.7. The Morgan fingerprint density at radius 2 is 1.83 bits per heavy atom. The summed E-state index contributed by atoms with van der Waals surface area (Å²) in [4.78, 5) is 17.4. The number of carbonyl (C=O) groups is 1. The van der Waals surface area contributed by atoms with Gasteiger partial charge in [0.05, 0.1) is 21.4 Å². The van der Waals surface area contributed by atoms with Crippen LogP contribution in [0.15, 0.2) is 47.6 Å². The molecule has 1 atom stereocenters. The van der Waals surface area contributed by atoms with Crippen LogP contribution in [0.5, 0.6) is 0 Å². The molecule has 1 amide bonds. The zero-order valence-corrected chi connectivity index (χ0v) is 13.2. The molecule has 0 saturated heterocycles. The Hall–Kier alpha value is -2.11. The summed E-state index contributed by atoms with van der Waals surface area (Å²) < 4.78 is 12.9. The molecule has 4 nitrogen and oxygen atoms in total. The second-order valence-electron chi connectivity index (χ2n) is 4.93. The van der Waals surface area contributed by atoms with Gasteiger partial charge in [0, 0.05) is 6.42 Å². The predicted octanol–water partition coefficient (Wildman–Crippen LogP) is 4.26. The predicted molar refractivity (Wildman–Crippen MR) is 87.5 cm³/mol. The van der Waals surface area contributed by atoms with Gasteiger partial charge in [-0.1, -0.05) is 46.6 Å². The summed E-state index contributed by atoms with van der Waals surface area (Å²) in [7, 11) is 0. The van der Waals surface area contributed by atoms with Gasteiger partial charge in [-0.05, 0) is 29.8 Å². The molecule has 7 heteroatoms. The maximum atomic E-state index is 12.9. The Kier molecular flexibility index (Phi) is 4.50. The minimum Gasteiger partial charge on any atom is -0.382 e. The minimum atomic E-state index is -0.789. The van der Waals surface area contributed by atoms with Crippen molar-refractivity contribution in [3.8, 4) is 0 Å². The largest absolute Gasteiger partial charge is 0.382 e. The molecule has 0 saturated carbocycles. The third kappa shape index (κ3) is 3.46. The molecular weight excluding hydrogens is 342 g/mol. The molecule has 1 aliphatic rings. The highest BCUT2D eigenvalue weighted by Crippen LogP contribution is 2.30. The monoisotopic (exact) mass is 352 g/mol. The van der Waals surface area contributed by atoms with Crippen molar-refractivity contribution in [2.45, 2.75) is 12.5 Å². The van der Waals surface area contributed by atoms with Crippen molar-refractivity contribution in [2.75, 3.05) is 5.32 Å². The molecule has 0 fully saturated rings. The van der Waals surface area contributed by atoms with Crippen LogP contribution in [0.4, 0.5) is 10.1 Å². The number of hydrogen-bond donors (Lipinski definition) is 1. The number of carbonyl (C=O) groups excluding carboxylic acids is 1. The number of halogens is 3. The highest BCUT2D eigenvalue weighted by molar-refractivity contribution is 6.39. The Morgan fingerprint density at radius 1 is 1.17 bits per heavy atom. The van der Waals surface area contributed by atoms with Crippen LogP contribution in [-0.4, -0.2) is 17.7 Å². The first-order valence-electron chi connectivity index (χ1n) is 6.78. The number of benzene rings is 2. The average Bonchev–Trinajstić information content (AvgIpc) is 3.02. The summed E-state index contributed by atoms with van der Waals surface area (Å²) in [6, 6.07) is 10.8. The van der Waals surface area contributed by atoms with Crippen LogP contribution >= 0.6 is 23.2 Å². The summed E-state index contributed by atoms with van der Waals surface area (Å²) in [6.07, 6.45) is -0.512. The van der Waals surface area contributed by atoms with Crippen LogP contribution in [0.3, 0.4) is 0 Å². The van der Waals surface area contributed by atoms with Gasteiger partial charge in [-0.2, -0.15) is 0 Å². The highest BCUT2D eigenvalue weighted by atomic mass is 35.5. The molecule has 118 valence electrons. The van der Waals surface area contributed by atoms with Gasteiger partial charge >= 0.3 is 0 Å². The molecule has 0 bridgehead atoms. The molecule has 0 spiro atoms. The van der Waals surface area contributed by atoms with E-state index in [4.69, 9.17) is 28.0 Å². The molecule has 2 aromatic rings. The molecule has 23 heavy (non-hydrogen) atoms. The van der Waals surface area contributed by atoms with E-state index >= 15 is 0 Å². The molecule has 2 aromatic carbocycles. The van der Waals surface area contributed by atoms with Gasteiger partial charge < -0.3 is 10.2 Å². The van der Waals surface area contributed by atoms with Gasteiger partial charge in [-0.25, -0.2) is 4.39 Å². The summed E-state index contributed by atoms with van der Waals surface area (Å²) in [5, 5.41) is 7.21. The van der Waals surface area contributed by atoms with Gasteiger partial charge in [-0.3, -0.25) is 4.79 Å². The lowest BCUT2D eigenvalue weighted by atomic mass is 10.0. The molecule has 3 rings (SSSR count). The van der Waals surface area contributed by atoms with Crippen LogP contribution in [0.25, 0.3) is 0 Å². The van der Waals surface area contributed by atoms with Crippen molar-refractivity contribution in [3.05, 3.63) is 63.9 Å². The summed E-state index contributed by atoms with van der Waals surface area (Å²) >= 11 is 12.0. The van der Waals surface area contributed by atoms with Crippen LogP contribution in [-0.2, 0) is 9.63 Å². The van der Waals surface area contributed by atoms with E-state index in [9.17, 15) is 9.18 Å². The van der Waals surface area contributed by atoms with Crippen molar-refractivity contribution in [3.63, 3.8) is 0 Å². The molecule has 1 heterocycles. The fourth-order valence-electron chi connectivity index (χ4n) is 2.15. The fourth-order valence-corrected chi connectivity index (χ4v) is 2.64. The number of para-hydroxylation sites is 1. The molecule has 0 radical (unpaired) electrons. The number of rotatable bonds is 3. The van der Waals surface area contributed by atoms with Crippen molar-refractivity contribution >= 4 is 40.5 Å². The second kappa shape index (κ2) is 6.56. The zero-order chi connectivity index (χ0) is 16.4. The second-order valence-corrected chi connectivity index (χ2v) is 5.74. The summed E-state index contributed by atoms with van der Waals surface area (Å²) in [6.45, 7) is 0. The lowest BCUT2D eigenvalue weighted by Crippen LogP contribution is -2.28. The van der Waals surface area contributed by atoms with Crippen molar-refractivity contribution in [1.82, 2.24) is 0 Å². The Morgan fingerprint density at radius 3 is 2.48 bits per heavy atom. The van der Waals surface area contributed by atoms with Crippen molar-refractivity contribution in [1.29, 1.82) is 0 Å². The van der Waals surface area contributed by atoms with Crippen molar-refractivity contribution in [2.24, 2.45) is 5.16 Å². The topological polar surface area (TPSA) is 50.7 Å². The van der Waals surface area contributed by atoms with E-state index in [1.165, 1.54) is 12.1 Å². The molecule has 0 aliphatic carbocycles. The number of nitrogens with one attached hydrogen (secondary N) is 1. The van der Waals surface area contributed by atoms with E-state index in [1.54, 1.807) is 30.3 Å². The number of hydrogen-bond acceptors (Lipinski definition) is 3. The van der Waals surface area contributed by atoms with E-state index in [2.05, 4.69) is 10.5 Å². The fraction of sp³-hybridized carbons (Fsp3) is 0.125. The average molecular weight is 353 g/mol. The van der Waals surface area contributed by atoms with Gasteiger partial charge in [0.15, 0.2) is 0 Å². The first-order chi connectivity index (χ1) is 11.0. The van der Waals surface area contributed by atoms with Gasteiger partial charge in [-0.15, -0.1) is 0 Å². The van der Waals surface area contributed by atoms with E-state index in [-0.39, 0.29) is 12.2 Å². The Bertz CT molecular complexity index is 758. The lowest BCUT2D eigenvalue weighted by Gasteiger charge is -2.12. The van der Waals surface area contributed by atoms with Crippen molar-refractivity contribution < 1.29 is 14.0 Å². The molecule has 1 aliphatic heterocycles. The highest BCUT2D eigenvalue weighted by Gasteiger charge is 2.29. The lowest BCUT2D eigenvalue weighted by molar-refractivity contribution is -0.125. The van der Waals surface area contributed by atoms with Crippen LogP contribution in [0, 0.1) is 5.82 Å². The van der Waals surface area contributed by atoms with Gasteiger partial charge in [0.25, 0.3) is 5.91 Å². The van der Waals surface area contributed by atoms with Crippen LogP contribution in [0.2, 0.25) is 10.0 Å². The summed E-state index contributed by atoms with van der Waals surface area (Å²) in [5.74, 6) is -0.739. The molecule has 0 aromatic heterocycles. The van der Waals surface area contributed by atoms with Gasteiger partial charge in [0.1, 0.15) is 5.82 Å². The third-order valence-corrected chi connectivity index (χ3v) is 3.98. The van der Waals surface area contributed by atoms with Crippen LogP contribution < -0.4 is 5.32 Å². The number of amides is 1. The zero-order valence-electron chi connectivity index (χ0n) is 11.7. The Balaban J connectivity index is 1.68. The number of nitrogens with zero attached hydrogens (tertiary/aromatic N) is 1. The van der Waals surface area contributed by atoms with E-state index < -0.39 is 12.0 Å². The third-order valence-electron chi connectivity index (χ3n) is 3.35. The van der Waals surface area contributed by atoms with E-state index in [0.717, 1.165) is 0 Å². The smallest absolute Gasteiger partial charge is 0.268 e. The van der Waals surface area contributed by atoms with E-state index in [1.807, 2.05) is 0 Å². The SMILES string of the molecule is O=C(Nc1c(Cl)cccc1Cl)[C@@H]1CC(c2ccc(F)cc2)=NO1. The van der Waals surface area contributed by atoms with Gasteiger partial charge in [0.2, 0.25) is 6.10 Å². The minimum absolute atomic E-state index is 0.277. The van der Waals surface area contributed by atoms with Crippen LogP contribution in [0.1, 0.15) is 12.0 Å².